The van der Waals surface area contributed by atoms with Crippen molar-refractivity contribution in [2.45, 2.75) is 98.6 Å². The highest BCUT2D eigenvalue weighted by atomic mass is 16.5. The normalized spacial score (nSPS) is 34.2. The Kier molecular flexibility index (Phi) is 9.80. The van der Waals surface area contributed by atoms with Crippen LogP contribution in [0.15, 0.2) is 36.4 Å². The highest BCUT2D eigenvalue weighted by Crippen LogP contribution is 2.54. The number of carbonyl (C=O) groups excluding carboxylic acids is 1. The Morgan fingerprint density at radius 2 is 1.26 bits per heavy atom. The maximum Gasteiger partial charge on any atom is 0.225 e. The molecule has 266 valence electrons. The molecule has 12 nitrogen and oxygen atoms in total. The molecule has 0 bridgehead atoms. The van der Waals surface area contributed by atoms with Gasteiger partial charge in [0, 0.05) is 42.0 Å². The van der Waals surface area contributed by atoms with E-state index in [9.17, 15) is 45.6 Å². The number of hydrogen-bond donors (Lipinski definition) is 8. The average Bonchev–Trinajstić information content (AvgIpc) is 3.96. The molecule has 2 aromatic carbocycles. The van der Waals surface area contributed by atoms with E-state index in [-0.39, 0.29) is 18.2 Å². The lowest BCUT2D eigenvalue weighted by Crippen LogP contribution is -2.58. The second-order valence-electron chi connectivity index (χ2n) is 14.1. The molecule has 1 saturated carbocycles. The molecule has 2 aliphatic carbocycles. The van der Waals surface area contributed by atoms with Gasteiger partial charge in [0.05, 0.1) is 19.3 Å². The molecule has 3 aliphatic heterocycles. The van der Waals surface area contributed by atoms with Crippen molar-refractivity contribution in [3.8, 4) is 34.8 Å². The van der Waals surface area contributed by atoms with Crippen LogP contribution >= 0.6 is 0 Å². The van der Waals surface area contributed by atoms with Crippen LogP contribution in [-0.4, -0.2) is 139 Å². The minimum atomic E-state index is -1.52. The Balaban J connectivity index is 1.18. The molecule has 1 amide bonds. The summed E-state index contributed by atoms with van der Waals surface area (Å²) < 4.78 is 11.2. The molecule has 7 rings (SSSR count). The van der Waals surface area contributed by atoms with E-state index in [2.05, 4.69) is 29.7 Å². The van der Waals surface area contributed by atoms with Crippen molar-refractivity contribution in [2.75, 3.05) is 26.3 Å². The number of rotatable bonds is 4. The van der Waals surface area contributed by atoms with E-state index in [0.29, 0.717) is 31.5 Å². The van der Waals surface area contributed by atoms with Crippen molar-refractivity contribution >= 4 is 5.91 Å². The fraction of sp³-hybridized carbons (Fsp3) is 0.553. The number of amides is 1. The van der Waals surface area contributed by atoms with Crippen molar-refractivity contribution in [1.82, 2.24) is 4.90 Å². The zero-order chi connectivity index (χ0) is 35.3. The highest BCUT2D eigenvalue weighted by molar-refractivity contribution is 5.84. The van der Waals surface area contributed by atoms with Crippen LogP contribution in [0.1, 0.15) is 54.4 Å². The smallest absolute Gasteiger partial charge is 0.225 e. The molecule has 0 unspecified atom stereocenters. The second kappa shape index (κ2) is 14.0. The fourth-order valence-corrected chi connectivity index (χ4v) is 7.86. The van der Waals surface area contributed by atoms with Crippen molar-refractivity contribution in [1.29, 1.82) is 0 Å². The van der Waals surface area contributed by atoms with Gasteiger partial charge in [-0.25, -0.2) is 0 Å². The fourth-order valence-electron chi connectivity index (χ4n) is 7.86. The van der Waals surface area contributed by atoms with Gasteiger partial charge in [-0.1, -0.05) is 35.8 Å². The first kappa shape index (κ1) is 35.1. The van der Waals surface area contributed by atoms with Crippen LogP contribution in [-0.2, 0) is 19.7 Å². The van der Waals surface area contributed by atoms with Gasteiger partial charge < -0.3 is 55.2 Å². The summed E-state index contributed by atoms with van der Waals surface area (Å²) in [5.41, 5.74) is 5.21. The molecular formula is C38H43NO11. The Morgan fingerprint density at radius 1 is 0.720 bits per heavy atom. The minimum Gasteiger partial charge on any atom is -0.394 e. The summed E-state index contributed by atoms with van der Waals surface area (Å²) in [6.45, 7) is 0.153. The molecule has 3 saturated heterocycles. The Morgan fingerprint density at radius 3 is 1.84 bits per heavy atom. The Hall–Kier alpha value is -3.37. The number of nitrogens with zero attached hydrogens (tertiary/aromatic N) is 1. The third kappa shape index (κ3) is 6.25. The summed E-state index contributed by atoms with van der Waals surface area (Å²) in [4.78, 5) is 15.0. The monoisotopic (exact) mass is 689 g/mol. The Bertz CT molecular complexity index is 1730. The molecule has 1 spiro atoms. The predicted molar refractivity (Wildman–Crippen MR) is 177 cm³/mol. The molecule has 3 heterocycles. The first-order valence-corrected chi connectivity index (χ1v) is 17.3. The largest absolute Gasteiger partial charge is 0.394 e. The molecule has 50 heavy (non-hydrogen) atoms. The third-order valence-corrected chi connectivity index (χ3v) is 11.0. The first-order valence-electron chi connectivity index (χ1n) is 17.3. The van der Waals surface area contributed by atoms with Gasteiger partial charge in [-0.2, -0.15) is 0 Å². The van der Waals surface area contributed by atoms with Gasteiger partial charge in [-0.3, -0.25) is 4.79 Å². The number of aliphatic hydroxyl groups is 8. The van der Waals surface area contributed by atoms with Gasteiger partial charge >= 0.3 is 0 Å². The molecule has 0 aromatic heterocycles. The van der Waals surface area contributed by atoms with Gasteiger partial charge in [0.2, 0.25) is 5.91 Å². The molecule has 4 fully saturated rings. The van der Waals surface area contributed by atoms with Crippen LogP contribution in [0, 0.1) is 29.6 Å². The molecule has 2 aromatic rings. The maximum atomic E-state index is 13.0. The van der Waals surface area contributed by atoms with E-state index in [4.69, 9.17) is 9.47 Å². The lowest BCUT2D eigenvalue weighted by molar-refractivity contribution is -0.227. The third-order valence-electron chi connectivity index (χ3n) is 11.0. The van der Waals surface area contributed by atoms with Crippen LogP contribution in [0.3, 0.4) is 0 Å². The maximum absolute atomic E-state index is 13.0. The van der Waals surface area contributed by atoms with Gasteiger partial charge in [0.15, 0.2) is 0 Å². The van der Waals surface area contributed by atoms with Crippen LogP contribution in [0.5, 0.6) is 0 Å². The van der Waals surface area contributed by atoms with E-state index in [1.165, 1.54) is 0 Å². The number of carbonyl (C=O) groups is 1. The number of piperidine rings is 1. The molecule has 10 atom stereocenters. The molecule has 0 radical (unpaired) electrons. The standard InChI is InChI=1S/C38H43NO11/c40-18-29-33(44)35(46)31(42)27(49-29)3-1-2-20-4-9-23-24-10-5-21(6-11-28-32(43)36(47)34(45)30(19-41)50-28)17-26(24)38(25(23)16-20)12-14-39(15-13-38)37(48)22-7-8-22/h4-5,9-10,16-17,22,27-36,40-47H,3,7-8,12-15,18-19H2/t27-,28-,29-,30-,31-,32-,33-,34-,35-,36-/m1/s1. The number of aliphatic hydroxyl groups excluding tert-OH is 8. The van der Waals surface area contributed by atoms with Gasteiger partial charge in [-0.05, 0) is 72.2 Å². The molecule has 8 N–H and O–H groups in total. The number of ether oxygens (including phenoxy) is 2. The first-order chi connectivity index (χ1) is 24.1. The van der Waals surface area contributed by atoms with E-state index in [1.54, 1.807) is 0 Å². The lowest BCUT2D eigenvalue weighted by Gasteiger charge is -2.41. The zero-order valence-electron chi connectivity index (χ0n) is 27.4. The quantitative estimate of drug-likeness (QED) is 0.179. The topological polar surface area (TPSA) is 201 Å². The van der Waals surface area contributed by atoms with Crippen molar-refractivity contribution in [3.05, 3.63) is 58.7 Å². The van der Waals surface area contributed by atoms with Crippen LogP contribution < -0.4 is 0 Å². The summed E-state index contributed by atoms with van der Waals surface area (Å²) in [5.74, 6) is 12.5. The number of benzene rings is 2. The summed E-state index contributed by atoms with van der Waals surface area (Å²) in [6, 6.07) is 11.9. The van der Waals surface area contributed by atoms with Crippen LogP contribution in [0.2, 0.25) is 0 Å². The van der Waals surface area contributed by atoms with Gasteiger partial charge in [0.25, 0.3) is 0 Å². The van der Waals surface area contributed by atoms with E-state index in [0.717, 1.165) is 40.7 Å². The van der Waals surface area contributed by atoms with Crippen LogP contribution in [0.4, 0.5) is 0 Å². The van der Waals surface area contributed by atoms with E-state index >= 15 is 0 Å². The lowest BCUT2D eigenvalue weighted by atomic mass is 9.70. The van der Waals surface area contributed by atoms with E-state index in [1.807, 2.05) is 35.2 Å². The summed E-state index contributed by atoms with van der Waals surface area (Å²) >= 11 is 0. The average molecular weight is 690 g/mol. The molecule has 5 aliphatic rings. The minimum absolute atomic E-state index is 0.0681. The number of hydrogen-bond acceptors (Lipinski definition) is 11. The number of fused-ring (bicyclic) bond motifs is 5. The van der Waals surface area contributed by atoms with Crippen LogP contribution in [0.25, 0.3) is 11.1 Å². The predicted octanol–water partition coefficient (Wildman–Crippen LogP) is -1.24. The van der Waals surface area contributed by atoms with Gasteiger partial charge in [-0.15, -0.1) is 0 Å². The Labute approximate surface area is 289 Å². The summed E-state index contributed by atoms with van der Waals surface area (Å²) in [5, 5.41) is 80.6. The van der Waals surface area contributed by atoms with Crippen molar-refractivity contribution < 1.29 is 55.1 Å². The zero-order valence-corrected chi connectivity index (χ0v) is 27.4. The summed E-state index contributed by atoms with van der Waals surface area (Å²) in [7, 11) is 0. The SMILES string of the molecule is O=C(C1CC1)N1CCC2(CC1)c1cc(C#CC[C@H]3O[C@H](CO)[C@@H](O)[C@H](O)[C@@H]3O)ccc1-c1ccc(C#C[C@H]3O[C@H](CO)[C@@H](O)[C@H](O)[C@@H]3O)cc12. The second-order valence-corrected chi connectivity index (χ2v) is 14.1. The van der Waals surface area contributed by atoms with Crippen molar-refractivity contribution in [2.24, 2.45) is 5.92 Å². The molecule has 12 heteroatoms. The highest BCUT2D eigenvalue weighted by Gasteiger charge is 2.48. The number of likely N-dealkylation sites (tertiary alicyclic amines) is 1. The van der Waals surface area contributed by atoms with Crippen molar-refractivity contribution in [3.63, 3.8) is 0 Å². The summed E-state index contributed by atoms with van der Waals surface area (Å²) in [6.07, 6.45) is -9.43. The van der Waals surface area contributed by atoms with Gasteiger partial charge in [0.1, 0.15) is 54.9 Å². The van der Waals surface area contributed by atoms with E-state index < -0.39 is 79.7 Å². The molecular weight excluding hydrogens is 646 g/mol.